The molecule has 4 rings (SSSR count). The molecule has 3 aromatic rings. The first-order valence-corrected chi connectivity index (χ1v) is 12.1. The van der Waals surface area contributed by atoms with E-state index in [9.17, 15) is 14.4 Å². The number of hydrogen-bond donors (Lipinski definition) is 3. The average molecular weight is 499 g/mol. The van der Waals surface area contributed by atoms with E-state index in [1.54, 1.807) is 36.9 Å². The van der Waals surface area contributed by atoms with Crippen molar-refractivity contribution in [2.24, 2.45) is 0 Å². The highest BCUT2D eigenvalue weighted by Crippen LogP contribution is 2.38. The van der Waals surface area contributed by atoms with Crippen molar-refractivity contribution < 1.29 is 19.1 Å². The number of esters is 1. The van der Waals surface area contributed by atoms with E-state index in [0.29, 0.717) is 41.2 Å². The molecule has 37 heavy (non-hydrogen) atoms. The van der Waals surface area contributed by atoms with Crippen molar-refractivity contribution in [3.8, 4) is 0 Å². The lowest BCUT2D eigenvalue weighted by Gasteiger charge is -2.22. The number of fused-ring (bicyclic) bond motifs is 1. The van der Waals surface area contributed by atoms with E-state index in [0.717, 1.165) is 16.9 Å². The summed E-state index contributed by atoms with van der Waals surface area (Å²) in [5.74, 6) is -0.744. The number of carbonyl (C=O) groups is 3. The van der Waals surface area contributed by atoms with Gasteiger partial charge in [-0.05, 0) is 55.9 Å². The summed E-state index contributed by atoms with van der Waals surface area (Å²) >= 11 is 0. The molecule has 0 saturated carbocycles. The highest BCUT2D eigenvalue weighted by Gasteiger charge is 2.29. The van der Waals surface area contributed by atoms with Crippen LogP contribution in [-0.4, -0.2) is 44.5 Å². The quantitative estimate of drug-likeness (QED) is 0.299. The Kier molecular flexibility index (Phi) is 8.00. The molecule has 3 N–H and O–H groups in total. The average Bonchev–Trinajstić information content (AvgIpc) is 3.23. The lowest BCUT2D eigenvalue weighted by Crippen LogP contribution is -2.34. The molecule has 1 aliphatic rings. The van der Waals surface area contributed by atoms with E-state index >= 15 is 0 Å². The van der Waals surface area contributed by atoms with Crippen LogP contribution in [0.25, 0.3) is 11.3 Å². The molecule has 0 fully saturated rings. The molecule has 2 amide bonds. The normalized spacial score (nSPS) is 13.4. The summed E-state index contributed by atoms with van der Waals surface area (Å²) in [6, 6.07) is 22.2. The maximum absolute atomic E-state index is 13.2. The van der Waals surface area contributed by atoms with Crippen LogP contribution >= 0.6 is 0 Å². The lowest BCUT2D eigenvalue weighted by molar-refractivity contribution is -0.116. The molecule has 0 aromatic heterocycles. The first-order valence-electron chi connectivity index (χ1n) is 12.1. The van der Waals surface area contributed by atoms with E-state index < -0.39 is 5.97 Å². The van der Waals surface area contributed by atoms with Gasteiger partial charge < -0.3 is 25.6 Å². The Morgan fingerprint density at radius 2 is 1.70 bits per heavy atom. The van der Waals surface area contributed by atoms with Gasteiger partial charge in [-0.1, -0.05) is 36.4 Å². The Morgan fingerprint density at radius 1 is 0.973 bits per heavy atom. The number of carbonyl (C=O) groups excluding carboxylic acids is 3. The minimum absolute atomic E-state index is 0.0375. The highest BCUT2D eigenvalue weighted by molar-refractivity contribution is 6.37. The first-order chi connectivity index (χ1) is 17.9. The zero-order valence-electron chi connectivity index (χ0n) is 21.1. The van der Waals surface area contributed by atoms with Gasteiger partial charge >= 0.3 is 5.97 Å². The van der Waals surface area contributed by atoms with Crippen molar-refractivity contribution in [1.82, 2.24) is 5.32 Å². The van der Waals surface area contributed by atoms with Crippen molar-refractivity contribution in [2.75, 3.05) is 42.3 Å². The van der Waals surface area contributed by atoms with Crippen LogP contribution in [0.1, 0.15) is 35.3 Å². The molecule has 190 valence electrons. The van der Waals surface area contributed by atoms with Crippen LogP contribution in [0.4, 0.5) is 17.1 Å². The number of amides is 2. The van der Waals surface area contributed by atoms with Crippen molar-refractivity contribution in [3.63, 3.8) is 0 Å². The Morgan fingerprint density at radius 3 is 2.35 bits per heavy atom. The van der Waals surface area contributed by atoms with Gasteiger partial charge in [-0.3, -0.25) is 9.59 Å². The fourth-order valence-electron chi connectivity index (χ4n) is 4.21. The van der Waals surface area contributed by atoms with Crippen molar-refractivity contribution >= 4 is 46.1 Å². The van der Waals surface area contributed by atoms with Crippen LogP contribution in [0.2, 0.25) is 0 Å². The van der Waals surface area contributed by atoms with Gasteiger partial charge in [0, 0.05) is 37.0 Å². The van der Waals surface area contributed by atoms with Gasteiger partial charge in [0.1, 0.15) is 0 Å². The lowest BCUT2D eigenvalue weighted by atomic mass is 9.99. The number of nitrogens with zero attached hydrogens (tertiary/aromatic N) is 1. The third-order valence-electron chi connectivity index (χ3n) is 6.00. The van der Waals surface area contributed by atoms with Crippen LogP contribution in [-0.2, 0) is 14.3 Å². The second kappa shape index (κ2) is 11.5. The Bertz CT molecular complexity index is 1330. The number of hydrogen-bond acceptors (Lipinski definition) is 6. The summed E-state index contributed by atoms with van der Waals surface area (Å²) in [6.07, 6.45) is 0. The van der Waals surface area contributed by atoms with E-state index in [2.05, 4.69) is 16.0 Å². The summed E-state index contributed by atoms with van der Waals surface area (Å²) in [5.41, 5.74) is 5.11. The SMILES string of the molecule is CCOC(=O)c1ccc2c(c1)NC(=O)C2=C(Nc1ccc(N(CCNC)C(C)=O)cc1)c1ccccc1. The van der Waals surface area contributed by atoms with Gasteiger partial charge in [-0.15, -0.1) is 0 Å². The maximum Gasteiger partial charge on any atom is 0.338 e. The molecule has 8 heteroatoms. The number of likely N-dealkylation sites (N-methyl/N-ethyl adjacent to an activating group) is 1. The Balaban J connectivity index is 1.72. The van der Waals surface area contributed by atoms with Crippen molar-refractivity contribution in [1.29, 1.82) is 0 Å². The van der Waals surface area contributed by atoms with Crippen molar-refractivity contribution in [2.45, 2.75) is 13.8 Å². The minimum Gasteiger partial charge on any atom is -0.462 e. The van der Waals surface area contributed by atoms with Crippen molar-refractivity contribution in [3.05, 3.63) is 89.5 Å². The largest absolute Gasteiger partial charge is 0.462 e. The van der Waals surface area contributed by atoms with E-state index in [1.165, 1.54) is 0 Å². The van der Waals surface area contributed by atoms with Gasteiger partial charge in [-0.2, -0.15) is 0 Å². The maximum atomic E-state index is 13.2. The number of nitrogens with one attached hydrogen (secondary N) is 3. The van der Waals surface area contributed by atoms with Gasteiger partial charge in [-0.25, -0.2) is 4.79 Å². The van der Waals surface area contributed by atoms with Crippen LogP contribution in [0.15, 0.2) is 72.8 Å². The second-order valence-corrected chi connectivity index (χ2v) is 8.50. The van der Waals surface area contributed by atoms with Gasteiger partial charge in [0.25, 0.3) is 5.91 Å². The summed E-state index contributed by atoms with van der Waals surface area (Å²) in [6.45, 7) is 4.80. The van der Waals surface area contributed by atoms with Crippen LogP contribution in [0.3, 0.4) is 0 Å². The smallest absolute Gasteiger partial charge is 0.338 e. The molecular formula is C29H30N4O4. The molecular weight excluding hydrogens is 468 g/mol. The number of ether oxygens (including phenoxy) is 1. The third-order valence-corrected chi connectivity index (χ3v) is 6.00. The zero-order chi connectivity index (χ0) is 26.4. The fourth-order valence-corrected chi connectivity index (χ4v) is 4.21. The molecule has 8 nitrogen and oxygen atoms in total. The predicted molar refractivity (Wildman–Crippen MR) is 146 cm³/mol. The molecule has 0 radical (unpaired) electrons. The summed E-state index contributed by atoms with van der Waals surface area (Å²) in [4.78, 5) is 39.2. The molecule has 0 aliphatic carbocycles. The highest BCUT2D eigenvalue weighted by atomic mass is 16.5. The van der Waals surface area contributed by atoms with E-state index in [1.807, 2.05) is 61.6 Å². The molecule has 1 heterocycles. The topological polar surface area (TPSA) is 99.8 Å². The van der Waals surface area contributed by atoms with Crippen LogP contribution in [0, 0.1) is 0 Å². The Labute approximate surface area is 216 Å². The van der Waals surface area contributed by atoms with Crippen LogP contribution in [0.5, 0.6) is 0 Å². The van der Waals surface area contributed by atoms with E-state index in [4.69, 9.17) is 4.74 Å². The third kappa shape index (κ3) is 5.70. The fraction of sp³-hybridized carbons (Fsp3) is 0.207. The van der Waals surface area contributed by atoms with Gasteiger partial charge in [0.05, 0.1) is 29.1 Å². The molecule has 0 spiro atoms. The molecule has 0 bridgehead atoms. The monoisotopic (exact) mass is 498 g/mol. The summed E-state index contributed by atoms with van der Waals surface area (Å²) in [5, 5.41) is 9.36. The summed E-state index contributed by atoms with van der Waals surface area (Å²) in [7, 11) is 1.85. The van der Waals surface area contributed by atoms with Crippen LogP contribution < -0.4 is 20.9 Å². The first kappa shape index (κ1) is 25.7. The number of anilines is 3. The Hall–Kier alpha value is -4.43. The number of benzene rings is 3. The minimum atomic E-state index is -0.437. The van der Waals surface area contributed by atoms with Gasteiger partial charge in [0.2, 0.25) is 5.91 Å². The predicted octanol–water partition coefficient (Wildman–Crippen LogP) is 4.37. The molecule has 1 aliphatic heterocycles. The van der Waals surface area contributed by atoms with Gasteiger partial charge in [0.15, 0.2) is 0 Å². The molecule has 0 atom stereocenters. The standard InChI is InChI=1S/C29H30N4O4/c1-4-37-29(36)21-10-15-24-25(18-21)32-28(35)26(24)27(20-8-6-5-7-9-20)31-22-11-13-23(14-12-22)33(19(2)34)17-16-30-3/h5-15,18,30-31H,4,16-17H2,1-3H3,(H,32,35). The zero-order valence-corrected chi connectivity index (χ0v) is 21.1. The molecule has 0 saturated heterocycles. The number of rotatable bonds is 9. The molecule has 0 unspecified atom stereocenters. The van der Waals surface area contributed by atoms with E-state index in [-0.39, 0.29) is 18.4 Å². The second-order valence-electron chi connectivity index (χ2n) is 8.50. The molecule has 3 aromatic carbocycles. The summed E-state index contributed by atoms with van der Waals surface area (Å²) < 4.78 is 5.10.